The SMILES string of the molecule is CC(C)(C)OC(=O)N[C@H](CCN)C(=O)OC(C)(C)C.Cl. The van der Waals surface area contributed by atoms with Gasteiger partial charge in [-0.1, -0.05) is 0 Å². The average molecular weight is 311 g/mol. The maximum Gasteiger partial charge on any atom is 0.408 e. The summed E-state index contributed by atoms with van der Waals surface area (Å²) in [7, 11) is 0. The van der Waals surface area contributed by atoms with Crippen LogP contribution in [0.1, 0.15) is 48.0 Å². The quantitative estimate of drug-likeness (QED) is 0.775. The molecule has 0 heterocycles. The molecule has 7 heteroatoms. The van der Waals surface area contributed by atoms with Gasteiger partial charge in [-0.15, -0.1) is 12.4 Å². The first kappa shape index (κ1) is 21.3. The van der Waals surface area contributed by atoms with Crippen molar-refractivity contribution < 1.29 is 19.1 Å². The van der Waals surface area contributed by atoms with E-state index in [9.17, 15) is 9.59 Å². The highest BCUT2D eigenvalue weighted by Crippen LogP contribution is 2.11. The molecule has 0 saturated heterocycles. The van der Waals surface area contributed by atoms with Crippen molar-refractivity contribution in [2.45, 2.75) is 65.2 Å². The summed E-state index contributed by atoms with van der Waals surface area (Å²) >= 11 is 0. The van der Waals surface area contributed by atoms with E-state index < -0.39 is 29.3 Å². The van der Waals surface area contributed by atoms with Crippen molar-refractivity contribution in [1.82, 2.24) is 5.32 Å². The van der Waals surface area contributed by atoms with Gasteiger partial charge >= 0.3 is 12.1 Å². The van der Waals surface area contributed by atoms with Crippen molar-refractivity contribution in [2.24, 2.45) is 5.73 Å². The lowest BCUT2D eigenvalue weighted by Crippen LogP contribution is -2.46. The molecule has 0 rings (SSSR count). The summed E-state index contributed by atoms with van der Waals surface area (Å²) in [4.78, 5) is 23.5. The van der Waals surface area contributed by atoms with Gasteiger partial charge in [-0.25, -0.2) is 9.59 Å². The summed E-state index contributed by atoms with van der Waals surface area (Å²) in [5.41, 5.74) is 4.20. The van der Waals surface area contributed by atoms with Gasteiger partial charge in [0, 0.05) is 0 Å². The lowest BCUT2D eigenvalue weighted by Gasteiger charge is -2.26. The summed E-state index contributed by atoms with van der Waals surface area (Å²) in [6.45, 7) is 10.8. The number of nitrogens with two attached hydrogens (primary N) is 1. The third-order valence-corrected chi connectivity index (χ3v) is 1.84. The highest BCUT2D eigenvalue weighted by molar-refractivity contribution is 5.85. The predicted octanol–water partition coefficient (Wildman–Crippen LogP) is 1.99. The standard InChI is InChI=1S/C13H26N2O4.ClH/c1-12(2,3)18-10(16)9(7-8-14)15-11(17)19-13(4,5)6;/h9H,7-8,14H2,1-6H3,(H,15,17);1H/t9-;/m1./s1. The number of alkyl carbamates (subject to hydrolysis) is 1. The molecule has 0 aromatic carbocycles. The summed E-state index contributed by atoms with van der Waals surface area (Å²) < 4.78 is 10.3. The van der Waals surface area contributed by atoms with Crippen LogP contribution >= 0.6 is 12.4 Å². The van der Waals surface area contributed by atoms with Crippen LogP contribution in [0.5, 0.6) is 0 Å². The Kier molecular flexibility index (Phi) is 8.85. The van der Waals surface area contributed by atoms with Crippen LogP contribution in [0.25, 0.3) is 0 Å². The number of rotatable bonds is 4. The van der Waals surface area contributed by atoms with E-state index in [0.717, 1.165) is 0 Å². The van der Waals surface area contributed by atoms with Crippen LogP contribution in [0.3, 0.4) is 0 Å². The second kappa shape index (κ2) is 8.32. The molecule has 0 aromatic heterocycles. The molecule has 0 spiro atoms. The Morgan fingerprint density at radius 2 is 1.50 bits per heavy atom. The van der Waals surface area contributed by atoms with Crippen molar-refractivity contribution in [2.75, 3.05) is 6.54 Å². The molecule has 0 radical (unpaired) electrons. The molecule has 0 aliphatic carbocycles. The Morgan fingerprint density at radius 3 is 1.85 bits per heavy atom. The van der Waals surface area contributed by atoms with Crippen LogP contribution < -0.4 is 11.1 Å². The number of hydrogen-bond acceptors (Lipinski definition) is 5. The highest BCUT2D eigenvalue weighted by atomic mass is 35.5. The summed E-state index contributed by atoms with van der Waals surface area (Å²) in [5.74, 6) is -0.510. The predicted molar refractivity (Wildman–Crippen MR) is 79.9 cm³/mol. The Morgan fingerprint density at radius 1 is 1.05 bits per heavy atom. The lowest BCUT2D eigenvalue weighted by atomic mass is 10.1. The molecule has 0 bridgehead atoms. The molecule has 1 amide bonds. The lowest BCUT2D eigenvalue weighted by molar-refractivity contribution is -0.157. The largest absolute Gasteiger partial charge is 0.458 e. The molecule has 6 nitrogen and oxygen atoms in total. The molecule has 120 valence electrons. The fourth-order valence-corrected chi connectivity index (χ4v) is 1.24. The normalized spacial score (nSPS) is 12.9. The number of carbonyl (C=O) groups is 2. The number of ether oxygens (including phenoxy) is 2. The van der Waals surface area contributed by atoms with Crippen molar-refractivity contribution in [3.8, 4) is 0 Å². The van der Waals surface area contributed by atoms with E-state index in [0.29, 0.717) is 6.42 Å². The van der Waals surface area contributed by atoms with Crippen LogP contribution in [0.15, 0.2) is 0 Å². The molecule has 0 aromatic rings. The molecule has 0 saturated carbocycles. The van der Waals surface area contributed by atoms with Gasteiger partial charge in [0.25, 0.3) is 0 Å². The monoisotopic (exact) mass is 310 g/mol. The second-order valence-corrected chi connectivity index (χ2v) is 6.31. The van der Waals surface area contributed by atoms with Gasteiger partial charge < -0.3 is 20.5 Å². The van der Waals surface area contributed by atoms with Crippen LogP contribution in [0.2, 0.25) is 0 Å². The van der Waals surface area contributed by atoms with E-state index in [4.69, 9.17) is 15.2 Å². The van der Waals surface area contributed by atoms with Gasteiger partial charge in [-0.3, -0.25) is 0 Å². The van der Waals surface area contributed by atoms with Gasteiger partial charge in [0.2, 0.25) is 0 Å². The fraction of sp³-hybridized carbons (Fsp3) is 0.846. The summed E-state index contributed by atoms with van der Waals surface area (Å²) in [6, 6.07) is -0.793. The van der Waals surface area contributed by atoms with Crippen molar-refractivity contribution in [3.05, 3.63) is 0 Å². The number of amides is 1. The van der Waals surface area contributed by atoms with Crippen LogP contribution in [0, 0.1) is 0 Å². The zero-order valence-electron chi connectivity index (χ0n) is 13.1. The third kappa shape index (κ3) is 10.9. The summed E-state index contributed by atoms with van der Waals surface area (Å²) in [5, 5.41) is 2.48. The maximum absolute atomic E-state index is 11.9. The van der Waals surface area contributed by atoms with Crippen molar-refractivity contribution in [3.63, 3.8) is 0 Å². The average Bonchev–Trinajstić information content (AvgIpc) is 2.10. The molecule has 0 aliphatic rings. The molecule has 20 heavy (non-hydrogen) atoms. The molecule has 0 fully saturated rings. The number of esters is 1. The van der Waals surface area contributed by atoms with E-state index in [-0.39, 0.29) is 19.0 Å². The van der Waals surface area contributed by atoms with Gasteiger partial charge in [-0.2, -0.15) is 0 Å². The number of halogens is 1. The minimum Gasteiger partial charge on any atom is -0.458 e. The summed E-state index contributed by atoms with van der Waals surface area (Å²) in [6.07, 6.45) is -0.356. The van der Waals surface area contributed by atoms with E-state index in [1.54, 1.807) is 41.5 Å². The van der Waals surface area contributed by atoms with Gasteiger partial charge in [0.15, 0.2) is 0 Å². The number of hydrogen-bond donors (Lipinski definition) is 2. The van der Waals surface area contributed by atoms with Crippen LogP contribution in [-0.2, 0) is 14.3 Å². The number of nitrogens with one attached hydrogen (secondary N) is 1. The van der Waals surface area contributed by atoms with Gasteiger partial charge in [0.05, 0.1) is 0 Å². The van der Waals surface area contributed by atoms with E-state index in [1.165, 1.54) is 0 Å². The first-order chi connectivity index (χ1) is 8.44. The second-order valence-electron chi connectivity index (χ2n) is 6.31. The van der Waals surface area contributed by atoms with Crippen LogP contribution in [0.4, 0.5) is 4.79 Å². The molecular formula is C13H27ClN2O4. The molecule has 1 atom stereocenters. The zero-order chi connectivity index (χ0) is 15.3. The first-order valence-corrected chi connectivity index (χ1v) is 6.37. The van der Waals surface area contributed by atoms with Gasteiger partial charge in [0.1, 0.15) is 17.2 Å². The molecule has 0 unspecified atom stereocenters. The van der Waals surface area contributed by atoms with E-state index in [2.05, 4.69) is 5.32 Å². The Hall–Kier alpha value is -1.01. The molecular weight excluding hydrogens is 284 g/mol. The molecule has 3 N–H and O–H groups in total. The zero-order valence-corrected chi connectivity index (χ0v) is 13.9. The molecule has 0 aliphatic heterocycles. The topological polar surface area (TPSA) is 90.6 Å². The Balaban J connectivity index is 0. The number of carbonyl (C=O) groups excluding carboxylic acids is 2. The van der Waals surface area contributed by atoms with Crippen molar-refractivity contribution in [1.29, 1.82) is 0 Å². The highest BCUT2D eigenvalue weighted by Gasteiger charge is 2.27. The third-order valence-electron chi connectivity index (χ3n) is 1.84. The fourth-order valence-electron chi connectivity index (χ4n) is 1.24. The Bertz CT molecular complexity index is 321. The van der Waals surface area contributed by atoms with E-state index in [1.807, 2.05) is 0 Å². The van der Waals surface area contributed by atoms with Gasteiger partial charge in [-0.05, 0) is 54.5 Å². The maximum atomic E-state index is 11.9. The minimum atomic E-state index is -0.793. The van der Waals surface area contributed by atoms with E-state index >= 15 is 0 Å². The van der Waals surface area contributed by atoms with Crippen molar-refractivity contribution >= 4 is 24.5 Å². The smallest absolute Gasteiger partial charge is 0.408 e. The Labute approximate surface area is 127 Å². The minimum absolute atomic E-state index is 0. The first-order valence-electron chi connectivity index (χ1n) is 6.37. The van der Waals surface area contributed by atoms with Crippen LogP contribution in [-0.4, -0.2) is 35.9 Å².